The van der Waals surface area contributed by atoms with Crippen LogP contribution in [0.3, 0.4) is 0 Å². The number of benzene rings is 1. The van der Waals surface area contributed by atoms with Gasteiger partial charge in [0.15, 0.2) is 0 Å². The number of hydrogen-bond acceptors (Lipinski definition) is 2. The smallest absolute Gasteiger partial charge is 0.124 e. The molecule has 0 saturated carbocycles. The molecule has 1 atom stereocenters. The molecule has 0 fully saturated rings. The summed E-state index contributed by atoms with van der Waals surface area (Å²) in [7, 11) is 1.85. The molecule has 1 heterocycles. The van der Waals surface area contributed by atoms with Gasteiger partial charge >= 0.3 is 0 Å². The van der Waals surface area contributed by atoms with Crippen LogP contribution in [0.1, 0.15) is 22.9 Å². The van der Waals surface area contributed by atoms with Crippen LogP contribution in [0.15, 0.2) is 41.0 Å². The first-order chi connectivity index (χ1) is 8.60. The summed E-state index contributed by atoms with van der Waals surface area (Å²) in [4.78, 5) is 4.27. The van der Waals surface area contributed by atoms with Gasteiger partial charge in [0.1, 0.15) is 5.82 Å². The van der Waals surface area contributed by atoms with Crippen molar-refractivity contribution in [3.63, 3.8) is 0 Å². The Bertz CT molecular complexity index is 520. The summed E-state index contributed by atoms with van der Waals surface area (Å²) in [5.41, 5.74) is 2.85. The van der Waals surface area contributed by atoms with E-state index in [1.807, 2.05) is 38.4 Å². The summed E-state index contributed by atoms with van der Waals surface area (Å²) in [6, 6.07) is 8.78. The molecule has 1 aromatic heterocycles. The number of nitrogens with zero attached hydrogens (tertiary/aromatic N) is 1. The van der Waals surface area contributed by atoms with Gasteiger partial charge in [0.2, 0.25) is 0 Å². The van der Waals surface area contributed by atoms with Crippen LogP contribution in [-0.2, 0) is 0 Å². The zero-order chi connectivity index (χ0) is 13.1. The lowest BCUT2D eigenvalue weighted by Crippen LogP contribution is -2.18. The van der Waals surface area contributed by atoms with E-state index in [4.69, 9.17) is 0 Å². The number of rotatable bonds is 3. The average Bonchev–Trinajstić information content (AvgIpc) is 2.31. The highest BCUT2D eigenvalue weighted by Crippen LogP contribution is 2.25. The predicted molar refractivity (Wildman–Crippen MR) is 74.0 cm³/mol. The van der Waals surface area contributed by atoms with Crippen molar-refractivity contribution in [1.82, 2.24) is 10.3 Å². The van der Waals surface area contributed by atoms with Gasteiger partial charge in [-0.1, -0.05) is 22.0 Å². The Hall–Kier alpha value is -1.26. The van der Waals surface area contributed by atoms with Gasteiger partial charge in [-0.15, -0.1) is 0 Å². The van der Waals surface area contributed by atoms with Crippen molar-refractivity contribution in [3.05, 3.63) is 63.6 Å². The Balaban J connectivity index is 2.41. The Kier molecular flexibility index (Phi) is 4.09. The second-order valence-electron chi connectivity index (χ2n) is 4.16. The molecule has 1 unspecified atom stereocenters. The summed E-state index contributed by atoms with van der Waals surface area (Å²) in [5.74, 6) is -0.250. The van der Waals surface area contributed by atoms with Gasteiger partial charge in [0, 0.05) is 16.4 Å². The molecular weight excluding hydrogens is 295 g/mol. The van der Waals surface area contributed by atoms with Crippen molar-refractivity contribution in [1.29, 1.82) is 0 Å². The quantitative estimate of drug-likeness (QED) is 0.937. The lowest BCUT2D eigenvalue weighted by Gasteiger charge is -2.17. The topological polar surface area (TPSA) is 24.9 Å². The summed E-state index contributed by atoms with van der Waals surface area (Å²) in [6.45, 7) is 1.94. The number of pyridine rings is 1. The summed E-state index contributed by atoms with van der Waals surface area (Å²) in [6.07, 6.45) is 1.81. The normalized spacial score (nSPS) is 12.4. The molecule has 2 nitrogen and oxygen atoms in total. The molecule has 0 radical (unpaired) electrons. The van der Waals surface area contributed by atoms with Crippen molar-refractivity contribution in [2.75, 3.05) is 7.05 Å². The predicted octanol–water partition coefficient (Wildman–Crippen LogP) is 3.60. The van der Waals surface area contributed by atoms with Gasteiger partial charge in [0.05, 0.1) is 6.04 Å². The molecule has 2 rings (SSSR count). The number of aromatic nitrogens is 1. The molecule has 1 aromatic carbocycles. The maximum Gasteiger partial charge on any atom is 0.124 e. The molecule has 0 bridgehead atoms. The van der Waals surface area contributed by atoms with Gasteiger partial charge in [-0.3, -0.25) is 4.98 Å². The highest BCUT2D eigenvalue weighted by Gasteiger charge is 2.13. The Morgan fingerprint density at radius 3 is 2.56 bits per heavy atom. The Morgan fingerprint density at radius 1 is 1.22 bits per heavy atom. The van der Waals surface area contributed by atoms with Crippen molar-refractivity contribution in [2.24, 2.45) is 0 Å². The Morgan fingerprint density at radius 2 is 2.00 bits per heavy atom. The Labute approximate surface area is 114 Å². The zero-order valence-corrected chi connectivity index (χ0v) is 11.8. The maximum atomic E-state index is 13.4. The lowest BCUT2D eigenvalue weighted by molar-refractivity contribution is 0.615. The molecule has 0 aliphatic heterocycles. The van der Waals surface area contributed by atoms with E-state index >= 15 is 0 Å². The molecule has 0 saturated heterocycles. The summed E-state index contributed by atoms with van der Waals surface area (Å²) < 4.78 is 14.2. The van der Waals surface area contributed by atoms with Gasteiger partial charge < -0.3 is 5.32 Å². The van der Waals surface area contributed by atoms with E-state index < -0.39 is 0 Å². The minimum absolute atomic E-state index is 0.0647. The van der Waals surface area contributed by atoms with Crippen LogP contribution in [0, 0.1) is 12.7 Å². The second kappa shape index (κ2) is 5.59. The van der Waals surface area contributed by atoms with Crippen LogP contribution in [0.25, 0.3) is 0 Å². The van der Waals surface area contributed by atoms with Crippen molar-refractivity contribution in [2.45, 2.75) is 13.0 Å². The standard InChI is InChI=1S/C14H14BrFN2/c1-9-3-4-10(8-18-9)14(17-2)11-5-12(15)7-13(16)6-11/h3-8,14,17H,1-2H3. The average molecular weight is 309 g/mol. The van der Waals surface area contributed by atoms with Crippen LogP contribution >= 0.6 is 15.9 Å². The number of halogens is 2. The lowest BCUT2D eigenvalue weighted by atomic mass is 10.00. The van der Waals surface area contributed by atoms with E-state index in [0.29, 0.717) is 0 Å². The van der Waals surface area contributed by atoms with Crippen LogP contribution in [0.4, 0.5) is 4.39 Å². The fourth-order valence-electron chi connectivity index (χ4n) is 1.92. The monoisotopic (exact) mass is 308 g/mol. The fourth-order valence-corrected chi connectivity index (χ4v) is 2.40. The van der Waals surface area contributed by atoms with Gasteiger partial charge in [-0.25, -0.2) is 4.39 Å². The van der Waals surface area contributed by atoms with Gasteiger partial charge in [0.25, 0.3) is 0 Å². The first-order valence-corrected chi connectivity index (χ1v) is 6.45. The number of hydrogen-bond donors (Lipinski definition) is 1. The molecule has 0 amide bonds. The van der Waals surface area contributed by atoms with Crippen LogP contribution in [0.5, 0.6) is 0 Å². The molecule has 94 valence electrons. The highest BCUT2D eigenvalue weighted by molar-refractivity contribution is 9.10. The van der Waals surface area contributed by atoms with Crippen molar-refractivity contribution in [3.8, 4) is 0 Å². The number of nitrogens with one attached hydrogen (secondary N) is 1. The third-order valence-corrected chi connectivity index (χ3v) is 3.23. The SMILES string of the molecule is CNC(c1ccc(C)nc1)c1cc(F)cc(Br)c1. The minimum Gasteiger partial charge on any atom is -0.309 e. The van der Waals surface area contributed by atoms with Crippen molar-refractivity contribution >= 4 is 15.9 Å². The largest absolute Gasteiger partial charge is 0.309 e. The molecule has 4 heteroatoms. The molecule has 0 aliphatic rings. The minimum atomic E-state index is -0.250. The molecule has 1 N–H and O–H groups in total. The van der Waals surface area contributed by atoms with Gasteiger partial charge in [-0.2, -0.15) is 0 Å². The van der Waals surface area contributed by atoms with Crippen LogP contribution in [0.2, 0.25) is 0 Å². The summed E-state index contributed by atoms with van der Waals surface area (Å²) in [5, 5.41) is 3.18. The third-order valence-electron chi connectivity index (χ3n) is 2.77. The molecule has 0 aliphatic carbocycles. The third kappa shape index (κ3) is 2.94. The van der Waals surface area contributed by atoms with Crippen LogP contribution in [-0.4, -0.2) is 12.0 Å². The van der Waals surface area contributed by atoms with E-state index in [1.54, 1.807) is 0 Å². The summed E-state index contributed by atoms with van der Waals surface area (Å²) >= 11 is 3.31. The molecule has 0 spiro atoms. The highest BCUT2D eigenvalue weighted by atomic mass is 79.9. The number of aryl methyl sites for hydroxylation is 1. The van der Waals surface area contributed by atoms with E-state index in [-0.39, 0.29) is 11.9 Å². The zero-order valence-electron chi connectivity index (χ0n) is 10.2. The first-order valence-electron chi connectivity index (χ1n) is 5.66. The van der Waals surface area contributed by atoms with Gasteiger partial charge in [-0.05, 0) is 49.4 Å². The van der Waals surface area contributed by atoms with E-state index in [1.165, 1.54) is 12.1 Å². The van der Waals surface area contributed by atoms with Crippen LogP contribution < -0.4 is 5.32 Å². The van der Waals surface area contributed by atoms with E-state index in [0.717, 1.165) is 21.3 Å². The van der Waals surface area contributed by atoms with E-state index in [2.05, 4.69) is 26.2 Å². The van der Waals surface area contributed by atoms with E-state index in [9.17, 15) is 4.39 Å². The first kappa shape index (κ1) is 13.2. The molecular formula is C14H14BrFN2. The second-order valence-corrected chi connectivity index (χ2v) is 5.07. The molecule has 18 heavy (non-hydrogen) atoms. The molecule has 2 aromatic rings. The van der Waals surface area contributed by atoms with Crippen molar-refractivity contribution < 1.29 is 4.39 Å². The maximum absolute atomic E-state index is 13.4. The fraction of sp³-hybridized carbons (Fsp3) is 0.214.